The predicted octanol–water partition coefficient (Wildman–Crippen LogP) is 2.46. The van der Waals surface area contributed by atoms with Gasteiger partial charge in [0.15, 0.2) is 0 Å². The second-order valence-corrected chi connectivity index (χ2v) is 4.45. The molecular formula is C12H15ClF3NO2. The Balaban J connectivity index is 2.63. The molecule has 0 bridgehead atoms. The summed E-state index contributed by atoms with van der Waals surface area (Å²) in [4.78, 5) is 0. The average Bonchev–Trinajstić information content (AvgIpc) is 2.30. The molecular weight excluding hydrogens is 283 g/mol. The van der Waals surface area contributed by atoms with Gasteiger partial charge in [-0.15, -0.1) is 0 Å². The molecule has 0 aliphatic rings. The van der Waals surface area contributed by atoms with Crippen LogP contribution in [0.5, 0.6) is 0 Å². The molecule has 1 rings (SSSR count). The van der Waals surface area contributed by atoms with Crippen LogP contribution in [0.3, 0.4) is 0 Å². The van der Waals surface area contributed by atoms with E-state index >= 15 is 0 Å². The molecule has 0 aliphatic heterocycles. The van der Waals surface area contributed by atoms with Gasteiger partial charge < -0.3 is 15.2 Å². The monoisotopic (exact) mass is 297 g/mol. The predicted molar refractivity (Wildman–Crippen MR) is 66.0 cm³/mol. The summed E-state index contributed by atoms with van der Waals surface area (Å²) < 4.78 is 42.3. The summed E-state index contributed by atoms with van der Waals surface area (Å²) in [5.74, 6) is 0. The molecule has 0 aliphatic carbocycles. The lowest BCUT2D eigenvalue weighted by Crippen LogP contribution is -2.29. The zero-order chi connectivity index (χ0) is 14.5. The van der Waals surface area contributed by atoms with Crippen LogP contribution < -0.4 is 5.32 Å². The minimum Gasteiger partial charge on any atom is -0.389 e. The number of rotatable bonds is 6. The highest BCUT2D eigenvalue weighted by Gasteiger charge is 2.30. The molecule has 1 aromatic rings. The summed E-state index contributed by atoms with van der Waals surface area (Å²) >= 11 is 5.83. The summed E-state index contributed by atoms with van der Waals surface area (Å²) in [7, 11) is 1.45. The molecule has 108 valence electrons. The fraction of sp³-hybridized carbons (Fsp3) is 0.500. The summed E-state index contributed by atoms with van der Waals surface area (Å²) in [5, 5.41) is 12.5. The molecule has 0 spiro atoms. The molecule has 0 saturated carbocycles. The van der Waals surface area contributed by atoms with E-state index in [2.05, 4.69) is 5.32 Å². The minimum atomic E-state index is -4.39. The van der Waals surface area contributed by atoms with E-state index in [1.807, 2.05) is 0 Å². The highest BCUT2D eigenvalue weighted by molar-refractivity contribution is 6.31. The van der Waals surface area contributed by atoms with Crippen LogP contribution in [0.1, 0.15) is 11.1 Å². The van der Waals surface area contributed by atoms with Crippen LogP contribution in [0.4, 0.5) is 13.2 Å². The third-order valence-electron chi connectivity index (χ3n) is 2.43. The highest BCUT2D eigenvalue weighted by atomic mass is 35.5. The quantitative estimate of drug-likeness (QED) is 0.847. The maximum Gasteiger partial charge on any atom is 0.416 e. The first-order valence-corrected chi connectivity index (χ1v) is 5.95. The minimum absolute atomic E-state index is 0.142. The van der Waals surface area contributed by atoms with Gasteiger partial charge in [-0.3, -0.25) is 0 Å². The van der Waals surface area contributed by atoms with Crippen molar-refractivity contribution in [3.63, 3.8) is 0 Å². The number of aliphatic hydroxyl groups is 1. The maximum atomic E-state index is 12.5. The Labute approximate surface area is 114 Å². The summed E-state index contributed by atoms with van der Waals surface area (Å²) in [6, 6.07) is 3.15. The lowest BCUT2D eigenvalue weighted by Gasteiger charge is -2.13. The van der Waals surface area contributed by atoms with Gasteiger partial charge in [0.1, 0.15) is 0 Å². The van der Waals surface area contributed by atoms with Gasteiger partial charge in [-0.25, -0.2) is 0 Å². The van der Waals surface area contributed by atoms with Gasteiger partial charge >= 0.3 is 6.18 Å². The zero-order valence-electron chi connectivity index (χ0n) is 10.3. The maximum absolute atomic E-state index is 12.5. The number of halogens is 4. The van der Waals surface area contributed by atoms with Gasteiger partial charge in [0, 0.05) is 25.2 Å². The number of hydrogen-bond acceptors (Lipinski definition) is 3. The summed E-state index contributed by atoms with van der Waals surface area (Å²) in [5.41, 5.74) is -0.410. The first-order valence-electron chi connectivity index (χ1n) is 5.58. The van der Waals surface area contributed by atoms with E-state index in [0.717, 1.165) is 12.1 Å². The normalized spacial score (nSPS) is 13.6. The van der Waals surface area contributed by atoms with Crippen LogP contribution in [0, 0.1) is 0 Å². The molecule has 1 atom stereocenters. The van der Waals surface area contributed by atoms with E-state index in [1.54, 1.807) is 0 Å². The molecule has 19 heavy (non-hydrogen) atoms. The molecule has 2 N–H and O–H groups in total. The van der Waals surface area contributed by atoms with Crippen LogP contribution in [0.25, 0.3) is 0 Å². The molecule has 0 saturated heterocycles. The van der Waals surface area contributed by atoms with Crippen LogP contribution in [-0.2, 0) is 17.5 Å². The molecule has 0 heterocycles. The molecule has 0 radical (unpaired) electrons. The Morgan fingerprint density at radius 1 is 1.42 bits per heavy atom. The first kappa shape index (κ1) is 16.2. The smallest absolute Gasteiger partial charge is 0.389 e. The second kappa shape index (κ2) is 7.09. The third kappa shape index (κ3) is 5.36. The van der Waals surface area contributed by atoms with Crippen molar-refractivity contribution in [1.82, 2.24) is 5.32 Å². The van der Waals surface area contributed by atoms with Gasteiger partial charge in [0.2, 0.25) is 0 Å². The number of ether oxygens (including phenoxy) is 1. The number of aliphatic hydroxyl groups excluding tert-OH is 1. The average molecular weight is 298 g/mol. The molecule has 1 unspecified atom stereocenters. The van der Waals surface area contributed by atoms with Gasteiger partial charge in [-0.1, -0.05) is 11.6 Å². The Kier molecular flexibility index (Phi) is 6.06. The van der Waals surface area contributed by atoms with Gasteiger partial charge in [-0.2, -0.15) is 13.2 Å². The van der Waals surface area contributed by atoms with Crippen molar-refractivity contribution in [2.75, 3.05) is 20.3 Å². The summed E-state index contributed by atoms with van der Waals surface area (Å²) in [6.45, 7) is 0.507. The van der Waals surface area contributed by atoms with Crippen molar-refractivity contribution in [3.05, 3.63) is 34.3 Å². The van der Waals surface area contributed by atoms with Crippen molar-refractivity contribution < 1.29 is 23.0 Å². The summed E-state index contributed by atoms with van der Waals surface area (Å²) in [6.07, 6.45) is -5.11. The highest BCUT2D eigenvalue weighted by Crippen LogP contribution is 2.31. The van der Waals surface area contributed by atoms with Crippen LogP contribution >= 0.6 is 11.6 Å². The van der Waals surface area contributed by atoms with Crippen molar-refractivity contribution in [2.24, 2.45) is 0 Å². The van der Waals surface area contributed by atoms with Gasteiger partial charge in [-0.05, 0) is 23.8 Å². The Morgan fingerprint density at radius 3 is 2.68 bits per heavy atom. The number of methoxy groups -OCH3 is 1. The Bertz CT molecular complexity index is 412. The number of benzene rings is 1. The fourth-order valence-electron chi connectivity index (χ4n) is 1.51. The largest absolute Gasteiger partial charge is 0.416 e. The van der Waals surface area contributed by atoms with E-state index < -0.39 is 17.8 Å². The number of hydrogen-bond donors (Lipinski definition) is 2. The fourth-order valence-corrected chi connectivity index (χ4v) is 1.70. The van der Waals surface area contributed by atoms with Gasteiger partial charge in [0.05, 0.1) is 18.3 Å². The number of alkyl halides is 3. The number of nitrogens with one attached hydrogen (secondary N) is 1. The van der Waals surface area contributed by atoms with Crippen LogP contribution in [-0.4, -0.2) is 31.5 Å². The first-order chi connectivity index (χ1) is 8.84. The van der Waals surface area contributed by atoms with E-state index in [1.165, 1.54) is 13.2 Å². The molecule has 1 aromatic carbocycles. The van der Waals surface area contributed by atoms with E-state index in [4.69, 9.17) is 16.3 Å². The molecule has 7 heteroatoms. The Hall–Kier alpha value is -0.820. The molecule has 3 nitrogen and oxygen atoms in total. The molecule has 0 aromatic heterocycles. The van der Waals surface area contributed by atoms with Crippen LogP contribution in [0.2, 0.25) is 5.02 Å². The molecule has 0 fully saturated rings. The molecule has 0 amide bonds. The van der Waals surface area contributed by atoms with E-state index in [0.29, 0.717) is 5.56 Å². The zero-order valence-corrected chi connectivity index (χ0v) is 11.1. The van der Waals surface area contributed by atoms with Crippen LogP contribution in [0.15, 0.2) is 18.2 Å². The van der Waals surface area contributed by atoms with Crippen molar-refractivity contribution >= 4 is 11.6 Å². The second-order valence-electron chi connectivity index (χ2n) is 4.04. The topological polar surface area (TPSA) is 41.5 Å². The SMILES string of the molecule is COCC(O)CNCc1cc(C(F)(F)F)ccc1Cl. The lowest BCUT2D eigenvalue weighted by atomic mass is 10.1. The van der Waals surface area contributed by atoms with Crippen molar-refractivity contribution in [3.8, 4) is 0 Å². The van der Waals surface area contributed by atoms with Gasteiger partial charge in [0.25, 0.3) is 0 Å². The standard InChI is InChI=1S/C12H15ClF3NO2/c1-19-7-10(18)6-17-5-8-4-9(12(14,15)16)2-3-11(8)13/h2-4,10,17-18H,5-7H2,1H3. The van der Waals surface area contributed by atoms with Crippen molar-refractivity contribution in [2.45, 2.75) is 18.8 Å². The van der Waals surface area contributed by atoms with Crippen molar-refractivity contribution in [1.29, 1.82) is 0 Å². The Morgan fingerprint density at radius 2 is 2.11 bits per heavy atom. The van der Waals surface area contributed by atoms with E-state index in [9.17, 15) is 18.3 Å². The van der Waals surface area contributed by atoms with E-state index in [-0.39, 0.29) is 24.7 Å². The lowest BCUT2D eigenvalue weighted by molar-refractivity contribution is -0.137. The third-order valence-corrected chi connectivity index (χ3v) is 2.80.